The second-order valence-electron chi connectivity index (χ2n) is 8.50. The van der Waals surface area contributed by atoms with Crippen LogP contribution in [-0.2, 0) is 29.1 Å². The van der Waals surface area contributed by atoms with Crippen molar-refractivity contribution in [3.63, 3.8) is 0 Å². The fourth-order valence-electron chi connectivity index (χ4n) is 4.76. The van der Waals surface area contributed by atoms with Crippen LogP contribution in [0.1, 0.15) is 32.1 Å². The summed E-state index contributed by atoms with van der Waals surface area (Å²) < 4.78 is 37.7. The third kappa shape index (κ3) is 4.75. The molecule has 0 radical (unpaired) electrons. The Morgan fingerprint density at radius 3 is 2.36 bits per heavy atom. The van der Waals surface area contributed by atoms with Crippen LogP contribution in [0.5, 0.6) is 5.75 Å². The lowest BCUT2D eigenvalue weighted by Crippen LogP contribution is -2.40. The predicted molar refractivity (Wildman–Crippen MR) is 118 cm³/mol. The van der Waals surface area contributed by atoms with Gasteiger partial charge < -0.3 is 14.8 Å². The Bertz CT molecular complexity index is 1010. The summed E-state index contributed by atoms with van der Waals surface area (Å²) in [5, 5.41) is 2.67. The summed E-state index contributed by atoms with van der Waals surface area (Å²) in [7, 11) is -2.33. The molecular formula is C22H29N3O7S. The number of amides is 3. The zero-order valence-electron chi connectivity index (χ0n) is 18.6. The molecule has 2 atom stereocenters. The van der Waals surface area contributed by atoms with Gasteiger partial charge in [-0.2, -0.15) is 4.31 Å². The van der Waals surface area contributed by atoms with Crippen LogP contribution in [0.4, 0.5) is 5.69 Å². The van der Waals surface area contributed by atoms with Gasteiger partial charge in [-0.05, 0) is 31.0 Å². The number of likely N-dealkylation sites (tertiary alicyclic amines) is 1. The Morgan fingerprint density at radius 2 is 1.76 bits per heavy atom. The van der Waals surface area contributed by atoms with Crippen LogP contribution in [0.15, 0.2) is 23.1 Å². The van der Waals surface area contributed by atoms with Crippen molar-refractivity contribution in [1.29, 1.82) is 0 Å². The normalized spacial score (nSPS) is 24.0. The fraction of sp³-hybridized carbons (Fsp3) is 0.591. The van der Waals surface area contributed by atoms with Crippen molar-refractivity contribution in [1.82, 2.24) is 9.21 Å². The molecule has 11 heteroatoms. The molecule has 2 saturated heterocycles. The third-order valence-corrected chi connectivity index (χ3v) is 8.44. The van der Waals surface area contributed by atoms with E-state index < -0.39 is 15.9 Å². The van der Waals surface area contributed by atoms with Crippen LogP contribution in [0, 0.1) is 11.8 Å². The number of methoxy groups -OCH3 is 1. The van der Waals surface area contributed by atoms with Crippen LogP contribution in [0.3, 0.4) is 0 Å². The molecule has 2 aliphatic heterocycles. The van der Waals surface area contributed by atoms with E-state index >= 15 is 0 Å². The first-order valence-electron chi connectivity index (χ1n) is 11.2. The van der Waals surface area contributed by atoms with E-state index in [1.165, 1.54) is 34.5 Å². The zero-order chi connectivity index (χ0) is 23.6. The molecule has 0 unspecified atom stereocenters. The molecule has 1 N–H and O–H groups in total. The number of morpholine rings is 1. The molecule has 0 aromatic heterocycles. The monoisotopic (exact) mass is 479 g/mol. The lowest BCUT2D eigenvalue weighted by molar-refractivity contribution is -0.140. The van der Waals surface area contributed by atoms with Gasteiger partial charge in [0.05, 0.1) is 42.7 Å². The van der Waals surface area contributed by atoms with Crippen molar-refractivity contribution >= 4 is 33.4 Å². The van der Waals surface area contributed by atoms with E-state index in [-0.39, 0.29) is 60.3 Å². The SMILES string of the molecule is COc1ccc(S(=O)(=O)N2CCOCC2)cc1NC(=O)CCN1C(=O)[C@H]2CCCC[C@@H]2C1=O. The highest BCUT2D eigenvalue weighted by molar-refractivity contribution is 7.89. The summed E-state index contributed by atoms with van der Waals surface area (Å²) in [6.45, 7) is 1.18. The van der Waals surface area contributed by atoms with E-state index in [4.69, 9.17) is 9.47 Å². The Kier molecular flexibility index (Phi) is 7.01. The number of carbonyl (C=O) groups excluding carboxylic acids is 3. The van der Waals surface area contributed by atoms with Gasteiger partial charge in [0, 0.05) is 26.1 Å². The lowest BCUT2D eigenvalue weighted by Gasteiger charge is -2.26. The minimum Gasteiger partial charge on any atom is -0.495 e. The number of nitrogens with zero attached hydrogens (tertiary/aromatic N) is 2. The standard InChI is InChI=1S/C22H29N3O7S/c1-31-19-7-6-15(33(29,30)24-10-12-32-13-11-24)14-18(19)23-20(26)8-9-25-21(27)16-4-2-3-5-17(16)22(25)28/h6-7,14,16-17H,2-5,8-13H2,1H3,(H,23,26)/t16-,17-/m0/s1. The smallest absolute Gasteiger partial charge is 0.243 e. The van der Waals surface area contributed by atoms with Crippen molar-refractivity contribution in [2.24, 2.45) is 11.8 Å². The fourth-order valence-corrected chi connectivity index (χ4v) is 6.19. The minimum absolute atomic E-state index is 0.00455. The van der Waals surface area contributed by atoms with Gasteiger partial charge in [-0.15, -0.1) is 0 Å². The number of anilines is 1. The first kappa shape index (κ1) is 23.7. The molecule has 1 aromatic rings. The van der Waals surface area contributed by atoms with Crippen LogP contribution in [-0.4, -0.2) is 75.3 Å². The second kappa shape index (κ2) is 9.78. The number of carbonyl (C=O) groups is 3. The van der Waals surface area contributed by atoms with E-state index in [1.54, 1.807) is 0 Å². The molecule has 2 heterocycles. The van der Waals surface area contributed by atoms with Gasteiger partial charge in [-0.3, -0.25) is 19.3 Å². The van der Waals surface area contributed by atoms with Crippen molar-refractivity contribution in [3.05, 3.63) is 18.2 Å². The molecule has 3 amide bonds. The minimum atomic E-state index is -3.75. The Labute approximate surface area is 193 Å². The average Bonchev–Trinajstić information content (AvgIpc) is 3.08. The van der Waals surface area contributed by atoms with E-state index in [1.807, 2.05) is 0 Å². The maximum atomic E-state index is 13.0. The third-order valence-electron chi connectivity index (χ3n) is 6.55. The molecule has 4 rings (SSSR count). The van der Waals surface area contributed by atoms with Gasteiger partial charge in [-0.1, -0.05) is 12.8 Å². The molecule has 3 fully saturated rings. The number of nitrogens with one attached hydrogen (secondary N) is 1. The van der Waals surface area contributed by atoms with Gasteiger partial charge in [0.15, 0.2) is 0 Å². The maximum absolute atomic E-state index is 13.0. The Hall–Kier alpha value is -2.50. The van der Waals surface area contributed by atoms with Gasteiger partial charge in [0.2, 0.25) is 27.7 Å². The highest BCUT2D eigenvalue weighted by Crippen LogP contribution is 2.38. The quantitative estimate of drug-likeness (QED) is 0.584. The van der Waals surface area contributed by atoms with Crippen LogP contribution < -0.4 is 10.1 Å². The number of sulfonamides is 1. The molecule has 10 nitrogen and oxygen atoms in total. The summed E-state index contributed by atoms with van der Waals surface area (Å²) in [5.41, 5.74) is 0.213. The van der Waals surface area contributed by atoms with Gasteiger partial charge >= 0.3 is 0 Å². The number of ether oxygens (including phenoxy) is 2. The number of rotatable bonds is 7. The predicted octanol–water partition coefficient (Wildman–Crippen LogP) is 1.22. The summed E-state index contributed by atoms with van der Waals surface area (Å²) in [6.07, 6.45) is 3.25. The molecule has 3 aliphatic rings. The van der Waals surface area contributed by atoms with E-state index in [9.17, 15) is 22.8 Å². The van der Waals surface area contributed by atoms with E-state index in [0.29, 0.717) is 19.0 Å². The molecule has 1 aliphatic carbocycles. The Morgan fingerprint density at radius 1 is 1.12 bits per heavy atom. The first-order chi connectivity index (χ1) is 15.8. The van der Waals surface area contributed by atoms with Crippen LogP contribution in [0.2, 0.25) is 0 Å². The highest BCUT2D eigenvalue weighted by Gasteiger charge is 2.47. The van der Waals surface area contributed by atoms with Gasteiger partial charge in [-0.25, -0.2) is 8.42 Å². The van der Waals surface area contributed by atoms with E-state index in [2.05, 4.69) is 5.32 Å². The first-order valence-corrected chi connectivity index (χ1v) is 12.7. The zero-order valence-corrected chi connectivity index (χ0v) is 19.4. The van der Waals surface area contributed by atoms with E-state index in [0.717, 1.165) is 25.7 Å². The number of imide groups is 1. The van der Waals surface area contributed by atoms with Gasteiger partial charge in [0.25, 0.3) is 0 Å². The number of hydrogen-bond donors (Lipinski definition) is 1. The average molecular weight is 480 g/mol. The van der Waals surface area contributed by atoms with Gasteiger partial charge in [0.1, 0.15) is 5.75 Å². The van der Waals surface area contributed by atoms with Crippen molar-refractivity contribution < 1.29 is 32.3 Å². The molecule has 180 valence electrons. The second-order valence-corrected chi connectivity index (χ2v) is 10.4. The highest BCUT2D eigenvalue weighted by atomic mass is 32.2. The number of benzene rings is 1. The molecule has 1 aromatic carbocycles. The number of hydrogen-bond acceptors (Lipinski definition) is 7. The number of fused-ring (bicyclic) bond motifs is 1. The van der Waals surface area contributed by atoms with Crippen LogP contribution >= 0.6 is 0 Å². The molecule has 1 saturated carbocycles. The molecule has 33 heavy (non-hydrogen) atoms. The molecule has 0 bridgehead atoms. The maximum Gasteiger partial charge on any atom is 0.243 e. The summed E-state index contributed by atoms with van der Waals surface area (Å²) in [4.78, 5) is 39.1. The topological polar surface area (TPSA) is 122 Å². The lowest BCUT2D eigenvalue weighted by atomic mass is 9.81. The Balaban J connectivity index is 1.43. The molecular weight excluding hydrogens is 450 g/mol. The summed E-state index contributed by atoms with van der Waals surface area (Å²) in [5.74, 6) is -1.01. The van der Waals surface area contributed by atoms with Crippen molar-refractivity contribution in [2.75, 3.05) is 45.3 Å². The van der Waals surface area contributed by atoms with Crippen molar-refractivity contribution in [2.45, 2.75) is 37.0 Å². The largest absolute Gasteiger partial charge is 0.495 e. The summed E-state index contributed by atoms with van der Waals surface area (Å²) in [6, 6.07) is 4.28. The molecule has 0 spiro atoms. The summed E-state index contributed by atoms with van der Waals surface area (Å²) >= 11 is 0. The van der Waals surface area contributed by atoms with Crippen molar-refractivity contribution in [3.8, 4) is 5.75 Å². The van der Waals surface area contributed by atoms with Crippen LogP contribution in [0.25, 0.3) is 0 Å².